The molecule has 0 spiro atoms. The number of methoxy groups -OCH3 is 1. The van der Waals surface area contributed by atoms with Crippen molar-refractivity contribution in [2.24, 2.45) is 0 Å². The fraction of sp³-hybridized carbons (Fsp3) is 0.250. The maximum Gasteiger partial charge on any atom is 0.183 e. The Balaban J connectivity index is 2.13. The number of halogens is 2. The molecule has 0 amide bonds. The van der Waals surface area contributed by atoms with Gasteiger partial charge in [-0.3, -0.25) is 0 Å². The van der Waals surface area contributed by atoms with Gasteiger partial charge in [0, 0.05) is 29.9 Å². The molecule has 0 unspecified atom stereocenters. The first-order valence-corrected chi connectivity index (χ1v) is 7.33. The zero-order chi connectivity index (χ0) is 13.0. The van der Waals surface area contributed by atoms with Crippen LogP contribution in [0.4, 0.5) is 5.13 Å². The zero-order valence-corrected chi connectivity index (χ0v) is 12.9. The molecule has 18 heavy (non-hydrogen) atoms. The van der Waals surface area contributed by atoms with Crippen LogP contribution in [-0.4, -0.2) is 25.2 Å². The van der Waals surface area contributed by atoms with Crippen molar-refractivity contribution in [3.8, 4) is 10.4 Å². The summed E-state index contributed by atoms with van der Waals surface area (Å²) >= 11 is 11.2. The molecule has 0 aliphatic carbocycles. The van der Waals surface area contributed by atoms with Crippen molar-refractivity contribution in [2.75, 3.05) is 25.6 Å². The van der Waals surface area contributed by atoms with Gasteiger partial charge in [-0.25, -0.2) is 4.98 Å². The number of anilines is 1. The fourth-order valence-electron chi connectivity index (χ4n) is 1.43. The maximum absolute atomic E-state index is 6.21. The summed E-state index contributed by atoms with van der Waals surface area (Å²) in [6.45, 7) is 1.41. The predicted octanol–water partition coefficient (Wildman–Crippen LogP) is 4.28. The van der Waals surface area contributed by atoms with Gasteiger partial charge in [-0.2, -0.15) is 0 Å². The van der Waals surface area contributed by atoms with Crippen molar-refractivity contribution < 1.29 is 4.74 Å². The number of hydrogen-bond acceptors (Lipinski definition) is 4. The van der Waals surface area contributed by atoms with E-state index in [0.717, 1.165) is 31.6 Å². The van der Waals surface area contributed by atoms with Crippen LogP contribution in [0.25, 0.3) is 10.4 Å². The molecule has 0 atom stereocenters. The second kappa shape index (κ2) is 6.52. The Hall–Kier alpha value is -0.620. The molecule has 96 valence electrons. The smallest absolute Gasteiger partial charge is 0.183 e. The Morgan fingerprint density at radius 3 is 3.06 bits per heavy atom. The van der Waals surface area contributed by atoms with E-state index in [0.29, 0.717) is 6.61 Å². The SMILES string of the molecule is COCCNc1ncc(-c2ccc(Br)cc2Cl)s1. The molecular formula is C12H12BrClN2OS. The van der Waals surface area contributed by atoms with Gasteiger partial charge < -0.3 is 10.1 Å². The topological polar surface area (TPSA) is 34.1 Å². The molecule has 1 N–H and O–H groups in total. The number of benzene rings is 1. The van der Waals surface area contributed by atoms with Gasteiger partial charge in [0.25, 0.3) is 0 Å². The van der Waals surface area contributed by atoms with E-state index in [1.54, 1.807) is 18.4 Å². The first-order chi connectivity index (χ1) is 8.70. The number of rotatable bonds is 5. The molecule has 0 radical (unpaired) electrons. The van der Waals surface area contributed by atoms with E-state index in [9.17, 15) is 0 Å². The normalized spacial score (nSPS) is 10.6. The third-order valence-corrected chi connectivity index (χ3v) is 4.08. The number of thiazole rings is 1. The number of aromatic nitrogens is 1. The Bertz CT molecular complexity index is 533. The molecule has 1 aromatic heterocycles. The number of hydrogen-bond donors (Lipinski definition) is 1. The van der Waals surface area contributed by atoms with Crippen LogP contribution in [0.3, 0.4) is 0 Å². The molecule has 3 nitrogen and oxygen atoms in total. The largest absolute Gasteiger partial charge is 0.383 e. The van der Waals surface area contributed by atoms with Crippen molar-refractivity contribution in [1.29, 1.82) is 0 Å². The minimum atomic E-state index is 0.661. The van der Waals surface area contributed by atoms with Crippen molar-refractivity contribution >= 4 is 44.0 Å². The van der Waals surface area contributed by atoms with Gasteiger partial charge >= 0.3 is 0 Å². The standard InChI is InChI=1S/C12H12BrClN2OS/c1-17-5-4-15-12-16-7-11(18-12)9-3-2-8(13)6-10(9)14/h2-3,6-7H,4-5H2,1H3,(H,15,16). The summed E-state index contributed by atoms with van der Waals surface area (Å²) in [6, 6.07) is 5.84. The van der Waals surface area contributed by atoms with Crippen molar-refractivity contribution in [3.63, 3.8) is 0 Å². The van der Waals surface area contributed by atoms with Crippen LogP contribution >= 0.6 is 38.9 Å². The third-order valence-electron chi connectivity index (χ3n) is 2.28. The average molecular weight is 348 g/mol. The van der Waals surface area contributed by atoms with Crippen LogP contribution in [0.15, 0.2) is 28.9 Å². The lowest BCUT2D eigenvalue weighted by molar-refractivity contribution is 0.211. The Labute approximate surface area is 123 Å². The highest BCUT2D eigenvalue weighted by Crippen LogP contribution is 2.35. The molecule has 0 bridgehead atoms. The molecule has 1 aromatic carbocycles. The number of ether oxygens (including phenoxy) is 1. The van der Waals surface area contributed by atoms with E-state index in [1.807, 2.05) is 24.4 Å². The summed E-state index contributed by atoms with van der Waals surface area (Å²) in [5.41, 5.74) is 0.997. The van der Waals surface area contributed by atoms with Crippen molar-refractivity contribution in [3.05, 3.63) is 33.9 Å². The third kappa shape index (κ3) is 3.45. The lowest BCUT2D eigenvalue weighted by Gasteiger charge is -2.01. The highest BCUT2D eigenvalue weighted by atomic mass is 79.9. The minimum Gasteiger partial charge on any atom is -0.383 e. The van der Waals surface area contributed by atoms with Gasteiger partial charge in [-0.1, -0.05) is 44.9 Å². The fourth-order valence-corrected chi connectivity index (χ4v) is 3.14. The highest BCUT2D eigenvalue weighted by molar-refractivity contribution is 9.10. The monoisotopic (exact) mass is 346 g/mol. The van der Waals surface area contributed by atoms with E-state index in [2.05, 4.69) is 26.2 Å². The van der Waals surface area contributed by atoms with E-state index >= 15 is 0 Å². The van der Waals surface area contributed by atoms with Crippen LogP contribution < -0.4 is 5.32 Å². The summed E-state index contributed by atoms with van der Waals surface area (Å²) in [5, 5.41) is 4.79. The Kier molecular flexibility index (Phi) is 5.00. The van der Waals surface area contributed by atoms with Gasteiger partial charge in [0.2, 0.25) is 0 Å². The van der Waals surface area contributed by atoms with E-state index < -0.39 is 0 Å². The maximum atomic E-state index is 6.21. The predicted molar refractivity (Wildman–Crippen MR) is 80.6 cm³/mol. The van der Waals surface area contributed by atoms with Gasteiger partial charge in [-0.15, -0.1) is 0 Å². The second-order valence-electron chi connectivity index (χ2n) is 3.57. The molecule has 0 saturated carbocycles. The quantitative estimate of drug-likeness (QED) is 0.820. The van der Waals surface area contributed by atoms with Crippen LogP contribution in [-0.2, 0) is 4.74 Å². The van der Waals surface area contributed by atoms with E-state index in [-0.39, 0.29) is 0 Å². The second-order valence-corrected chi connectivity index (χ2v) is 5.93. The highest BCUT2D eigenvalue weighted by Gasteiger charge is 2.08. The van der Waals surface area contributed by atoms with Crippen LogP contribution in [0.1, 0.15) is 0 Å². The average Bonchev–Trinajstić information content (AvgIpc) is 2.78. The summed E-state index contributed by atoms with van der Waals surface area (Å²) in [5.74, 6) is 0. The lowest BCUT2D eigenvalue weighted by Crippen LogP contribution is -2.06. The van der Waals surface area contributed by atoms with Crippen LogP contribution in [0.2, 0.25) is 5.02 Å². The first-order valence-electron chi connectivity index (χ1n) is 5.35. The summed E-state index contributed by atoms with van der Waals surface area (Å²) in [7, 11) is 1.68. The summed E-state index contributed by atoms with van der Waals surface area (Å²) in [4.78, 5) is 5.36. The molecule has 0 saturated heterocycles. The Morgan fingerprint density at radius 2 is 2.33 bits per heavy atom. The number of nitrogens with one attached hydrogen (secondary N) is 1. The molecule has 0 aliphatic heterocycles. The molecule has 2 rings (SSSR count). The van der Waals surface area contributed by atoms with E-state index in [1.165, 1.54) is 0 Å². The lowest BCUT2D eigenvalue weighted by atomic mass is 10.2. The van der Waals surface area contributed by atoms with Gasteiger partial charge in [0.1, 0.15) is 0 Å². The first kappa shape index (κ1) is 13.8. The molecule has 1 heterocycles. The molecule has 6 heteroatoms. The van der Waals surface area contributed by atoms with Crippen LogP contribution in [0.5, 0.6) is 0 Å². The summed E-state index contributed by atoms with van der Waals surface area (Å²) < 4.78 is 5.95. The molecule has 0 fully saturated rings. The van der Waals surface area contributed by atoms with Crippen LogP contribution in [0, 0.1) is 0 Å². The van der Waals surface area contributed by atoms with E-state index in [4.69, 9.17) is 16.3 Å². The van der Waals surface area contributed by atoms with Gasteiger partial charge in [0.15, 0.2) is 5.13 Å². The summed E-state index contributed by atoms with van der Waals surface area (Å²) in [6.07, 6.45) is 1.83. The Morgan fingerprint density at radius 1 is 1.50 bits per heavy atom. The number of nitrogens with zero attached hydrogens (tertiary/aromatic N) is 1. The molecule has 2 aromatic rings. The van der Waals surface area contributed by atoms with Crippen molar-refractivity contribution in [1.82, 2.24) is 4.98 Å². The zero-order valence-electron chi connectivity index (χ0n) is 9.74. The van der Waals surface area contributed by atoms with Gasteiger partial charge in [0.05, 0.1) is 16.5 Å². The minimum absolute atomic E-state index is 0.661. The van der Waals surface area contributed by atoms with Crippen molar-refractivity contribution in [2.45, 2.75) is 0 Å². The molecular weight excluding hydrogens is 336 g/mol. The molecule has 0 aliphatic rings. The van der Waals surface area contributed by atoms with Gasteiger partial charge in [-0.05, 0) is 12.1 Å².